The van der Waals surface area contributed by atoms with Crippen LogP contribution in [0.2, 0.25) is 0 Å². The molecule has 0 radical (unpaired) electrons. The second kappa shape index (κ2) is 2.17. The van der Waals surface area contributed by atoms with E-state index in [4.69, 9.17) is 5.21 Å². The lowest BCUT2D eigenvalue weighted by molar-refractivity contribution is 0.106. The zero-order valence-corrected chi connectivity index (χ0v) is 6.39. The van der Waals surface area contributed by atoms with Gasteiger partial charge in [-0.25, -0.2) is 0 Å². The van der Waals surface area contributed by atoms with Crippen molar-refractivity contribution >= 4 is 22.8 Å². The number of thiophene rings is 1. The van der Waals surface area contributed by atoms with Crippen molar-refractivity contribution in [3.05, 3.63) is 21.9 Å². The van der Waals surface area contributed by atoms with Gasteiger partial charge in [0.25, 0.3) is 0 Å². The lowest BCUT2D eigenvalue weighted by Gasteiger charge is -1.85. The number of carbonyl (C=O) groups is 1. The van der Waals surface area contributed by atoms with Gasteiger partial charge in [0, 0.05) is 6.42 Å². The molecule has 0 atom stereocenters. The number of carbonyl (C=O) groups excluding carboxylic acids is 1. The highest BCUT2D eigenvalue weighted by atomic mass is 32.1. The molecule has 1 heterocycles. The zero-order valence-electron chi connectivity index (χ0n) is 5.57. The Bertz CT molecular complexity index is 340. The number of nitrogens with zero attached hydrogens (tertiary/aromatic N) is 1. The van der Waals surface area contributed by atoms with E-state index in [9.17, 15) is 4.79 Å². The molecule has 0 amide bonds. The van der Waals surface area contributed by atoms with Gasteiger partial charge < -0.3 is 5.21 Å². The SMILES string of the molecule is O=C1/C(=N\O)Cc2ccsc21. The molecule has 1 N–H and O–H groups in total. The Balaban J connectivity index is 2.53. The van der Waals surface area contributed by atoms with Crippen LogP contribution < -0.4 is 0 Å². The van der Waals surface area contributed by atoms with Crippen LogP contribution in [-0.2, 0) is 6.42 Å². The van der Waals surface area contributed by atoms with Gasteiger partial charge in [-0.05, 0) is 17.0 Å². The normalized spacial score (nSPS) is 19.3. The molecule has 1 aliphatic carbocycles. The average molecular weight is 167 g/mol. The van der Waals surface area contributed by atoms with E-state index in [-0.39, 0.29) is 11.5 Å². The number of Topliss-reactive ketones (excluding diaryl/α,β-unsaturated/α-hetero) is 1. The van der Waals surface area contributed by atoms with Crippen LogP contribution in [0.25, 0.3) is 0 Å². The highest BCUT2D eigenvalue weighted by molar-refractivity contribution is 7.13. The van der Waals surface area contributed by atoms with Gasteiger partial charge in [-0.15, -0.1) is 11.3 Å². The summed E-state index contributed by atoms with van der Waals surface area (Å²) in [5.41, 5.74) is 1.24. The van der Waals surface area contributed by atoms with Crippen molar-refractivity contribution in [2.45, 2.75) is 6.42 Å². The van der Waals surface area contributed by atoms with E-state index >= 15 is 0 Å². The van der Waals surface area contributed by atoms with Crippen LogP contribution in [-0.4, -0.2) is 16.7 Å². The highest BCUT2D eigenvalue weighted by Gasteiger charge is 2.27. The number of hydrogen-bond donors (Lipinski definition) is 1. The minimum Gasteiger partial charge on any atom is -0.411 e. The van der Waals surface area contributed by atoms with Crippen LogP contribution in [0.5, 0.6) is 0 Å². The third kappa shape index (κ3) is 0.793. The lowest BCUT2D eigenvalue weighted by Crippen LogP contribution is -2.06. The Morgan fingerprint density at radius 1 is 1.64 bits per heavy atom. The molecular weight excluding hydrogens is 162 g/mol. The second-order valence-electron chi connectivity index (χ2n) is 2.33. The minimum atomic E-state index is -0.127. The van der Waals surface area contributed by atoms with E-state index < -0.39 is 0 Å². The fourth-order valence-electron chi connectivity index (χ4n) is 1.15. The molecule has 0 saturated carbocycles. The third-order valence-electron chi connectivity index (χ3n) is 1.69. The molecule has 0 aromatic carbocycles. The van der Waals surface area contributed by atoms with Crippen molar-refractivity contribution in [3.8, 4) is 0 Å². The van der Waals surface area contributed by atoms with Crippen LogP contribution in [0.1, 0.15) is 15.2 Å². The molecule has 3 nitrogen and oxygen atoms in total. The topological polar surface area (TPSA) is 49.7 Å². The molecule has 4 heteroatoms. The van der Waals surface area contributed by atoms with Gasteiger partial charge in [0.1, 0.15) is 5.71 Å². The molecule has 56 valence electrons. The molecule has 0 saturated heterocycles. The molecule has 1 aromatic rings. The van der Waals surface area contributed by atoms with E-state index in [0.717, 1.165) is 10.4 Å². The summed E-state index contributed by atoms with van der Waals surface area (Å²) in [6.07, 6.45) is 0.480. The molecule has 0 bridgehead atoms. The van der Waals surface area contributed by atoms with Crippen molar-refractivity contribution in [1.82, 2.24) is 0 Å². The Labute approximate surface area is 67.0 Å². The van der Waals surface area contributed by atoms with Gasteiger partial charge in [0.05, 0.1) is 4.88 Å². The summed E-state index contributed by atoms with van der Waals surface area (Å²) in [5.74, 6) is -0.127. The van der Waals surface area contributed by atoms with Crippen molar-refractivity contribution < 1.29 is 10.0 Å². The molecule has 0 aliphatic heterocycles. The third-order valence-corrected chi connectivity index (χ3v) is 2.65. The second-order valence-corrected chi connectivity index (χ2v) is 3.24. The standard InChI is InChI=1S/C7H5NO2S/c9-6-5(8-10)3-4-1-2-11-7(4)6/h1-2,10H,3H2/b8-5-. The van der Waals surface area contributed by atoms with Crippen molar-refractivity contribution in [3.63, 3.8) is 0 Å². The summed E-state index contributed by atoms with van der Waals surface area (Å²) in [7, 11) is 0. The van der Waals surface area contributed by atoms with Crippen LogP contribution in [0, 0.1) is 0 Å². The molecule has 0 unspecified atom stereocenters. The van der Waals surface area contributed by atoms with Gasteiger partial charge in [-0.1, -0.05) is 5.16 Å². The predicted octanol–water partition coefficient (Wildman–Crippen LogP) is 1.32. The number of fused-ring (bicyclic) bond motifs is 1. The van der Waals surface area contributed by atoms with E-state index in [1.165, 1.54) is 11.3 Å². The minimum absolute atomic E-state index is 0.127. The molecule has 1 aliphatic rings. The number of rotatable bonds is 0. The first kappa shape index (κ1) is 6.54. The molecule has 11 heavy (non-hydrogen) atoms. The molecule has 0 fully saturated rings. The lowest BCUT2D eigenvalue weighted by atomic mass is 10.2. The first-order valence-corrected chi connectivity index (χ1v) is 4.03. The van der Waals surface area contributed by atoms with Crippen LogP contribution in [0.3, 0.4) is 0 Å². The fourth-order valence-corrected chi connectivity index (χ4v) is 2.03. The maximum absolute atomic E-state index is 11.2. The molecule has 1 aromatic heterocycles. The van der Waals surface area contributed by atoms with Gasteiger partial charge in [-0.2, -0.15) is 0 Å². The summed E-state index contributed by atoms with van der Waals surface area (Å²) in [6, 6.07) is 1.88. The smallest absolute Gasteiger partial charge is 0.221 e. The van der Waals surface area contributed by atoms with Gasteiger partial charge in [0.15, 0.2) is 0 Å². The van der Waals surface area contributed by atoms with Gasteiger partial charge >= 0.3 is 0 Å². The summed E-state index contributed by atoms with van der Waals surface area (Å²) in [4.78, 5) is 11.9. The molecular formula is C7H5NO2S. The Kier molecular flexibility index (Phi) is 1.29. The Morgan fingerprint density at radius 3 is 3.09 bits per heavy atom. The maximum Gasteiger partial charge on any atom is 0.221 e. The van der Waals surface area contributed by atoms with Crippen molar-refractivity contribution in [2.75, 3.05) is 0 Å². The van der Waals surface area contributed by atoms with Gasteiger partial charge in [0.2, 0.25) is 5.78 Å². The summed E-state index contributed by atoms with van der Waals surface area (Å²) >= 11 is 1.40. The Hall–Kier alpha value is -1.16. The molecule has 2 rings (SSSR count). The summed E-state index contributed by atoms with van der Waals surface area (Å²) in [5, 5.41) is 13.2. The van der Waals surface area contributed by atoms with E-state index in [1.54, 1.807) is 0 Å². The van der Waals surface area contributed by atoms with E-state index in [0.29, 0.717) is 6.42 Å². The largest absolute Gasteiger partial charge is 0.411 e. The number of hydrogen-bond acceptors (Lipinski definition) is 4. The summed E-state index contributed by atoms with van der Waals surface area (Å²) in [6.45, 7) is 0. The average Bonchev–Trinajstić information content (AvgIpc) is 2.53. The number of oxime groups is 1. The molecule has 0 spiro atoms. The zero-order chi connectivity index (χ0) is 7.84. The monoisotopic (exact) mass is 167 g/mol. The van der Waals surface area contributed by atoms with Crippen molar-refractivity contribution in [1.29, 1.82) is 0 Å². The first-order valence-electron chi connectivity index (χ1n) is 3.15. The van der Waals surface area contributed by atoms with Crippen molar-refractivity contribution in [2.24, 2.45) is 5.16 Å². The van der Waals surface area contributed by atoms with Gasteiger partial charge in [-0.3, -0.25) is 4.79 Å². The number of ketones is 1. The highest BCUT2D eigenvalue weighted by Crippen LogP contribution is 2.25. The van der Waals surface area contributed by atoms with E-state index in [2.05, 4.69) is 5.16 Å². The van der Waals surface area contributed by atoms with E-state index in [1.807, 2.05) is 11.4 Å². The maximum atomic E-state index is 11.2. The first-order chi connectivity index (χ1) is 5.33. The predicted molar refractivity (Wildman–Crippen MR) is 41.6 cm³/mol. The van der Waals surface area contributed by atoms with Crippen LogP contribution >= 0.6 is 11.3 Å². The quantitative estimate of drug-likeness (QED) is 0.468. The fraction of sp³-hybridized carbons (Fsp3) is 0.143. The Morgan fingerprint density at radius 2 is 2.45 bits per heavy atom. The van der Waals surface area contributed by atoms with Crippen LogP contribution in [0.4, 0.5) is 0 Å². The van der Waals surface area contributed by atoms with Crippen LogP contribution in [0.15, 0.2) is 16.6 Å². The summed E-state index contributed by atoms with van der Waals surface area (Å²) < 4.78 is 0.